The summed E-state index contributed by atoms with van der Waals surface area (Å²) < 4.78 is 5.63. The summed E-state index contributed by atoms with van der Waals surface area (Å²) in [6, 6.07) is 0. The summed E-state index contributed by atoms with van der Waals surface area (Å²) in [7, 11) is 0. The quantitative estimate of drug-likeness (QED) is 0.722. The number of carbonyl (C=O) groups is 1. The summed E-state index contributed by atoms with van der Waals surface area (Å²) in [6.45, 7) is 5.38. The van der Waals surface area contributed by atoms with E-state index in [2.05, 4.69) is 0 Å². The largest absolute Gasteiger partial charge is 0.372 e. The van der Waals surface area contributed by atoms with Gasteiger partial charge in [-0.25, -0.2) is 0 Å². The van der Waals surface area contributed by atoms with Crippen molar-refractivity contribution in [3.05, 3.63) is 0 Å². The number of hydrogen-bond acceptors (Lipinski definition) is 3. The predicted molar refractivity (Wildman–Crippen MR) is 62.0 cm³/mol. The van der Waals surface area contributed by atoms with E-state index in [-0.39, 0.29) is 18.1 Å². The number of morpholine rings is 1. The van der Waals surface area contributed by atoms with E-state index in [1.807, 2.05) is 18.7 Å². The molecule has 1 saturated carbocycles. The lowest BCUT2D eigenvalue weighted by atomic mass is 9.96. The number of ether oxygens (including phenoxy) is 1. The minimum atomic E-state index is -0.587. The van der Waals surface area contributed by atoms with Gasteiger partial charge < -0.3 is 15.4 Å². The molecule has 2 fully saturated rings. The second-order valence-corrected chi connectivity index (χ2v) is 5.33. The third-order valence-electron chi connectivity index (χ3n) is 3.63. The number of amides is 1. The molecule has 0 aromatic heterocycles. The van der Waals surface area contributed by atoms with Crippen molar-refractivity contribution in [3.8, 4) is 0 Å². The molecule has 4 heteroatoms. The number of nitrogens with two attached hydrogens (primary N) is 1. The molecule has 1 aliphatic carbocycles. The van der Waals surface area contributed by atoms with Crippen LogP contribution >= 0.6 is 0 Å². The van der Waals surface area contributed by atoms with Crippen molar-refractivity contribution < 1.29 is 9.53 Å². The molecule has 16 heavy (non-hydrogen) atoms. The number of hydrogen-bond donors (Lipinski definition) is 1. The normalized spacial score (nSPS) is 34.1. The van der Waals surface area contributed by atoms with Crippen LogP contribution in [0.2, 0.25) is 0 Å². The summed E-state index contributed by atoms with van der Waals surface area (Å²) in [5, 5.41) is 0. The van der Waals surface area contributed by atoms with Crippen LogP contribution in [0, 0.1) is 0 Å². The Hall–Kier alpha value is -0.610. The first-order valence-corrected chi connectivity index (χ1v) is 6.25. The molecule has 1 amide bonds. The summed E-state index contributed by atoms with van der Waals surface area (Å²) in [6.07, 6.45) is 4.09. The Morgan fingerprint density at radius 3 is 2.25 bits per heavy atom. The summed E-state index contributed by atoms with van der Waals surface area (Å²) in [4.78, 5) is 14.3. The van der Waals surface area contributed by atoms with Crippen molar-refractivity contribution in [2.45, 2.75) is 57.3 Å². The topological polar surface area (TPSA) is 55.6 Å². The molecule has 2 unspecified atom stereocenters. The average Bonchev–Trinajstić information content (AvgIpc) is 2.64. The standard InChI is InChI=1S/C12H22N2O2/c1-9-7-14(8-10(2)16-9)11(15)12(13)5-3-4-6-12/h9-10H,3-8,13H2,1-2H3. The van der Waals surface area contributed by atoms with Gasteiger partial charge in [0, 0.05) is 13.1 Å². The van der Waals surface area contributed by atoms with Gasteiger partial charge in [-0.1, -0.05) is 12.8 Å². The molecule has 1 aliphatic heterocycles. The van der Waals surface area contributed by atoms with E-state index in [1.165, 1.54) is 0 Å². The molecule has 0 bridgehead atoms. The zero-order valence-corrected chi connectivity index (χ0v) is 10.2. The van der Waals surface area contributed by atoms with E-state index in [4.69, 9.17) is 10.5 Å². The minimum absolute atomic E-state index is 0.123. The molecular weight excluding hydrogens is 204 g/mol. The first-order valence-electron chi connectivity index (χ1n) is 6.25. The highest BCUT2D eigenvalue weighted by Crippen LogP contribution is 2.29. The van der Waals surface area contributed by atoms with Gasteiger partial charge in [-0.3, -0.25) is 4.79 Å². The zero-order chi connectivity index (χ0) is 11.8. The van der Waals surface area contributed by atoms with Crippen LogP contribution in [0.5, 0.6) is 0 Å². The lowest BCUT2D eigenvalue weighted by Gasteiger charge is -2.39. The molecule has 2 atom stereocenters. The van der Waals surface area contributed by atoms with E-state index < -0.39 is 5.54 Å². The van der Waals surface area contributed by atoms with Crippen LogP contribution in [0.25, 0.3) is 0 Å². The van der Waals surface area contributed by atoms with Gasteiger partial charge in [-0.05, 0) is 26.7 Å². The molecule has 2 rings (SSSR count). The highest BCUT2D eigenvalue weighted by Gasteiger charge is 2.41. The van der Waals surface area contributed by atoms with Gasteiger partial charge in [-0.2, -0.15) is 0 Å². The number of nitrogens with zero attached hydrogens (tertiary/aromatic N) is 1. The maximum atomic E-state index is 12.4. The molecule has 1 heterocycles. The molecule has 1 saturated heterocycles. The van der Waals surface area contributed by atoms with Crippen LogP contribution in [0.4, 0.5) is 0 Å². The van der Waals surface area contributed by atoms with Crippen LogP contribution < -0.4 is 5.73 Å². The highest BCUT2D eigenvalue weighted by atomic mass is 16.5. The monoisotopic (exact) mass is 226 g/mol. The highest BCUT2D eigenvalue weighted by molar-refractivity contribution is 5.86. The first-order chi connectivity index (χ1) is 7.51. The van der Waals surface area contributed by atoms with Crippen LogP contribution in [0.1, 0.15) is 39.5 Å². The van der Waals surface area contributed by atoms with E-state index in [0.717, 1.165) is 25.7 Å². The first kappa shape index (κ1) is 11.9. The van der Waals surface area contributed by atoms with E-state index in [9.17, 15) is 4.79 Å². The van der Waals surface area contributed by atoms with Gasteiger partial charge in [0.2, 0.25) is 5.91 Å². The van der Waals surface area contributed by atoms with E-state index in [0.29, 0.717) is 13.1 Å². The third-order valence-corrected chi connectivity index (χ3v) is 3.63. The second-order valence-electron chi connectivity index (χ2n) is 5.33. The smallest absolute Gasteiger partial charge is 0.242 e. The summed E-state index contributed by atoms with van der Waals surface area (Å²) in [5.74, 6) is 0.131. The number of rotatable bonds is 1. The van der Waals surface area contributed by atoms with Crippen molar-refractivity contribution in [3.63, 3.8) is 0 Å². The molecule has 0 radical (unpaired) electrons. The van der Waals surface area contributed by atoms with E-state index in [1.54, 1.807) is 0 Å². The van der Waals surface area contributed by atoms with Gasteiger partial charge in [-0.15, -0.1) is 0 Å². The second kappa shape index (κ2) is 4.34. The molecule has 0 aromatic carbocycles. The predicted octanol–water partition coefficient (Wildman–Crippen LogP) is 0.894. The van der Waals surface area contributed by atoms with Crippen LogP contribution in [0.3, 0.4) is 0 Å². The van der Waals surface area contributed by atoms with Crippen LogP contribution in [-0.2, 0) is 9.53 Å². The Kier molecular flexibility index (Phi) is 3.22. The Bertz CT molecular complexity index is 264. The molecule has 2 aliphatic rings. The SMILES string of the molecule is CC1CN(C(=O)C2(N)CCCC2)CC(C)O1. The van der Waals surface area contributed by atoms with Gasteiger partial charge >= 0.3 is 0 Å². The maximum absolute atomic E-state index is 12.4. The van der Waals surface area contributed by atoms with Crippen molar-refractivity contribution in [1.82, 2.24) is 4.90 Å². The molecule has 0 aromatic rings. The Balaban J connectivity index is 2.03. The van der Waals surface area contributed by atoms with Crippen molar-refractivity contribution in [2.24, 2.45) is 5.73 Å². The third kappa shape index (κ3) is 2.23. The lowest BCUT2D eigenvalue weighted by Crippen LogP contribution is -2.58. The van der Waals surface area contributed by atoms with E-state index >= 15 is 0 Å². The van der Waals surface area contributed by atoms with Crippen molar-refractivity contribution in [2.75, 3.05) is 13.1 Å². The zero-order valence-electron chi connectivity index (χ0n) is 10.2. The summed E-state index contributed by atoms with van der Waals surface area (Å²) in [5.41, 5.74) is 5.61. The Morgan fingerprint density at radius 1 is 1.25 bits per heavy atom. The molecular formula is C12H22N2O2. The molecule has 2 N–H and O–H groups in total. The van der Waals surface area contributed by atoms with Crippen molar-refractivity contribution in [1.29, 1.82) is 0 Å². The van der Waals surface area contributed by atoms with Gasteiger partial charge in [0.25, 0.3) is 0 Å². The van der Waals surface area contributed by atoms with Gasteiger partial charge in [0.1, 0.15) is 0 Å². The van der Waals surface area contributed by atoms with Crippen molar-refractivity contribution >= 4 is 5.91 Å². The fraction of sp³-hybridized carbons (Fsp3) is 0.917. The summed E-state index contributed by atoms with van der Waals surface area (Å²) >= 11 is 0. The fourth-order valence-electron chi connectivity index (χ4n) is 2.88. The minimum Gasteiger partial charge on any atom is -0.372 e. The maximum Gasteiger partial charge on any atom is 0.242 e. The van der Waals surface area contributed by atoms with Crippen LogP contribution in [0.15, 0.2) is 0 Å². The average molecular weight is 226 g/mol. The van der Waals surface area contributed by atoms with Gasteiger partial charge in [0.15, 0.2) is 0 Å². The van der Waals surface area contributed by atoms with Crippen LogP contribution in [-0.4, -0.2) is 41.6 Å². The lowest BCUT2D eigenvalue weighted by molar-refractivity contribution is -0.148. The molecule has 0 spiro atoms. The number of carbonyl (C=O) groups excluding carboxylic acids is 1. The molecule has 4 nitrogen and oxygen atoms in total. The fourth-order valence-corrected chi connectivity index (χ4v) is 2.88. The Morgan fingerprint density at radius 2 is 1.75 bits per heavy atom. The molecule has 92 valence electrons. The Labute approximate surface area is 97.1 Å². The van der Waals surface area contributed by atoms with Gasteiger partial charge in [0.05, 0.1) is 17.7 Å².